The molecule has 1 aliphatic rings. The molecule has 0 bridgehead atoms. The highest BCUT2D eigenvalue weighted by Crippen LogP contribution is 2.34. The standard InChI is InChI=1S/C16H11Cl2N3O4/c17-10-2-1-9(12(18)5-10)7-19-21-16(23)15(22)20-11-3-4-13-14(6-11)25-8-24-13/h1-7H,8H2,(H,20,22)(H,21,23). The molecule has 0 spiro atoms. The number of nitrogens with one attached hydrogen (secondary N) is 2. The van der Waals surface area contributed by atoms with Gasteiger partial charge >= 0.3 is 11.8 Å². The first kappa shape index (κ1) is 17.1. The van der Waals surface area contributed by atoms with Crippen LogP contribution in [0, 0.1) is 0 Å². The van der Waals surface area contributed by atoms with Crippen molar-refractivity contribution in [1.82, 2.24) is 5.43 Å². The zero-order valence-electron chi connectivity index (χ0n) is 12.6. The van der Waals surface area contributed by atoms with Gasteiger partial charge in [-0.15, -0.1) is 0 Å². The molecule has 128 valence electrons. The van der Waals surface area contributed by atoms with Crippen LogP contribution in [-0.2, 0) is 9.59 Å². The molecule has 0 aromatic heterocycles. The monoisotopic (exact) mass is 379 g/mol. The van der Waals surface area contributed by atoms with Gasteiger partial charge in [0.05, 0.1) is 11.2 Å². The second-order valence-corrected chi connectivity index (χ2v) is 5.73. The molecule has 0 unspecified atom stereocenters. The van der Waals surface area contributed by atoms with Crippen LogP contribution in [0.2, 0.25) is 10.0 Å². The molecule has 0 atom stereocenters. The Hall–Kier alpha value is -2.77. The molecule has 3 rings (SSSR count). The largest absolute Gasteiger partial charge is 0.454 e. The zero-order valence-corrected chi connectivity index (χ0v) is 14.1. The fourth-order valence-corrected chi connectivity index (χ4v) is 2.44. The van der Waals surface area contributed by atoms with Crippen molar-refractivity contribution in [2.24, 2.45) is 5.10 Å². The minimum absolute atomic E-state index is 0.120. The van der Waals surface area contributed by atoms with E-state index >= 15 is 0 Å². The Kier molecular flexibility index (Phi) is 5.06. The summed E-state index contributed by atoms with van der Waals surface area (Å²) in [4.78, 5) is 23.6. The van der Waals surface area contributed by atoms with Gasteiger partial charge in [0, 0.05) is 22.3 Å². The van der Waals surface area contributed by atoms with Gasteiger partial charge < -0.3 is 14.8 Å². The summed E-state index contributed by atoms with van der Waals surface area (Å²) in [5.41, 5.74) is 3.06. The molecule has 2 aromatic rings. The summed E-state index contributed by atoms with van der Waals surface area (Å²) < 4.78 is 10.4. The Morgan fingerprint density at radius 2 is 1.84 bits per heavy atom. The number of carbonyl (C=O) groups excluding carboxylic acids is 2. The predicted molar refractivity (Wildman–Crippen MR) is 93.4 cm³/mol. The topological polar surface area (TPSA) is 89.0 Å². The Morgan fingerprint density at radius 1 is 1.04 bits per heavy atom. The maximum absolute atomic E-state index is 11.9. The first-order chi connectivity index (χ1) is 12.0. The number of fused-ring (bicyclic) bond motifs is 1. The first-order valence-electron chi connectivity index (χ1n) is 7.02. The van der Waals surface area contributed by atoms with Gasteiger partial charge in [0.1, 0.15) is 0 Å². The normalized spacial score (nSPS) is 12.2. The molecule has 2 N–H and O–H groups in total. The number of hydrogen-bond donors (Lipinski definition) is 2. The Labute approximate surface area is 152 Å². The molecule has 1 heterocycles. The number of anilines is 1. The van der Waals surface area contributed by atoms with Crippen LogP contribution in [0.1, 0.15) is 5.56 Å². The van der Waals surface area contributed by atoms with Crippen molar-refractivity contribution in [3.63, 3.8) is 0 Å². The number of ether oxygens (including phenoxy) is 2. The van der Waals surface area contributed by atoms with E-state index in [1.807, 2.05) is 0 Å². The quantitative estimate of drug-likeness (QED) is 0.487. The van der Waals surface area contributed by atoms with Crippen LogP contribution in [0.3, 0.4) is 0 Å². The van der Waals surface area contributed by atoms with Gasteiger partial charge in [-0.1, -0.05) is 29.3 Å². The second kappa shape index (κ2) is 7.42. The van der Waals surface area contributed by atoms with E-state index in [4.69, 9.17) is 32.7 Å². The van der Waals surface area contributed by atoms with E-state index in [2.05, 4.69) is 15.8 Å². The summed E-state index contributed by atoms with van der Waals surface area (Å²) in [5, 5.41) is 6.98. The van der Waals surface area contributed by atoms with Crippen LogP contribution in [0.15, 0.2) is 41.5 Å². The van der Waals surface area contributed by atoms with Crippen molar-refractivity contribution in [3.05, 3.63) is 52.0 Å². The molecule has 0 aliphatic carbocycles. The molecule has 0 fully saturated rings. The van der Waals surface area contributed by atoms with E-state index < -0.39 is 11.8 Å². The molecule has 9 heteroatoms. The van der Waals surface area contributed by atoms with Crippen molar-refractivity contribution in [3.8, 4) is 11.5 Å². The summed E-state index contributed by atoms with van der Waals surface area (Å²) in [6.07, 6.45) is 1.31. The van der Waals surface area contributed by atoms with Gasteiger partial charge in [0.2, 0.25) is 6.79 Å². The number of nitrogens with zero attached hydrogens (tertiary/aromatic N) is 1. The number of carbonyl (C=O) groups is 2. The molecule has 2 amide bonds. The van der Waals surface area contributed by atoms with Crippen LogP contribution >= 0.6 is 23.2 Å². The van der Waals surface area contributed by atoms with E-state index in [-0.39, 0.29) is 6.79 Å². The molecule has 2 aromatic carbocycles. The van der Waals surface area contributed by atoms with Crippen LogP contribution in [0.4, 0.5) is 5.69 Å². The second-order valence-electron chi connectivity index (χ2n) is 4.89. The molecule has 0 radical (unpaired) electrons. The highest BCUT2D eigenvalue weighted by Gasteiger charge is 2.17. The fraction of sp³-hybridized carbons (Fsp3) is 0.0625. The average molecular weight is 380 g/mol. The third-order valence-corrected chi connectivity index (χ3v) is 3.73. The predicted octanol–water partition coefficient (Wildman–Crippen LogP) is 2.81. The number of hydrazone groups is 1. The number of rotatable bonds is 3. The number of hydrogen-bond acceptors (Lipinski definition) is 5. The first-order valence-corrected chi connectivity index (χ1v) is 7.77. The molecular weight excluding hydrogens is 369 g/mol. The van der Waals surface area contributed by atoms with E-state index in [1.54, 1.807) is 36.4 Å². The average Bonchev–Trinajstić information content (AvgIpc) is 3.04. The summed E-state index contributed by atoms with van der Waals surface area (Å²) >= 11 is 11.8. The molecule has 1 aliphatic heterocycles. The minimum atomic E-state index is -0.931. The molecule has 0 saturated heterocycles. The Balaban J connectivity index is 1.57. The van der Waals surface area contributed by atoms with E-state index in [1.165, 1.54) is 6.21 Å². The smallest absolute Gasteiger partial charge is 0.329 e. The van der Waals surface area contributed by atoms with Crippen LogP contribution in [0.25, 0.3) is 0 Å². The molecule has 7 nitrogen and oxygen atoms in total. The van der Waals surface area contributed by atoms with Gasteiger partial charge in [-0.25, -0.2) is 5.43 Å². The van der Waals surface area contributed by atoms with Gasteiger partial charge in [-0.05, 0) is 24.3 Å². The van der Waals surface area contributed by atoms with Gasteiger partial charge in [0.15, 0.2) is 11.5 Å². The third-order valence-electron chi connectivity index (χ3n) is 3.17. The molecule has 25 heavy (non-hydrogen) atoms. The summed E-state index contributed by atoms with van der Waals surface area (Å²) in [7, 11) is 0. The molecular formula is C16H11Cl2N3O4. The third kappa shape index (κ3) is 4.20. The lowest BCUT2D eigenvalue weighted by molar-refractivity contribution is -0.136. The van der Waals surface area contributed by atoms with E-state index in [0.29, 0.717) is 32.8 Å². The lowest BCUT2D eigenvalue weighted by Gasteiger charge is -2.05. The number of amides is 2. The van der Waals surface area contributed by atoms with Gasteiger partial charge in [0.25, 0.3) is 0 Å². The zero-order chi connectivity index (χ0) is 17.8. The van der Waals surface area contributed by atoms with E-state index in [9.17, 15) is 9.59 Å². The fourth-order valence-electron chi connectivity index (χ4n) is 1.98. The summed E-state index contributed by atoms with van der Waals surface area (Å²) in [5.74, 6) is -0.738. The SMILES string of the molecule is O=C(NN=Cc1ccc(Cl)cc1Cl)C(=O)Nc1ccc2c(c1)OCO2. The van der Waals surface area contributed by atoms with Crippen molar-refractivity contribution < 1.29 is 19.1 Å². The number of benzene rings is 2. The summed E-state index contributed by atoms with van der Waals surface area (Å²) in [6, 6.07) is 9.59. The highest BCUT2D eigenvalue weighted by molar-refractivity contribution is 6.39. The van der Waals surface area contributed by atoms with Crippen molar-refractivity contribution in [2.75, 3.05) is 12.1 Å². The minimum Gasteiger partial charge on any atom is -0.454 e. The summed E-state index contributed by atoms with van der Waals surface area (Å²) in [6.45, 7) is 0.120. The lowest BCUT2D eigenvalue weighted by atomic mass is 10.2. The van der Waals surface area contributed by atoms with Gasteiger partial charge in [-0.3, -0.25) is 9.59 Å². The Bertz CT molecular complexity index is 870. The maximum atomic E-state index is 11.9. The number of halogens is 2. The van der Waals surface area contributed by atoms with E-state index in [0.717, 1.165) is 0 Å². The lowest BCUT2D eigenvalue weighted by Crippen LogP contribution is -2.32. The molecule has 0 saturated carbocycles. The van der Waals surface area contributed by atoms with Crippen LogP contribution < -0.4 is 20.2 Å². The highest BCUT2D eigenvalue weighted by atomic mass is 35.5. The van der Waals surface area contributed by atoms with Crippen molar-refractivity contribution >= 4 is 46.9 Å². The maximum Gasteiger partial charge on any atom is 0.329 e. The van der Waals surface area contributed by atoms with Crippen LogP contribution in [0.5, 0.6) is 11.5 Å². The van der Waals surface area contributed by atoms with Crippen molar-refractivity contribution in [1.29, 1.82) is 0 Å². The Morgan fingerprint density at radius 3 is 2.64 bits per heavy atom. The van der Waals surface area contributed by atoms with Gasteiger partial charge in [-0.2, -0.15) is 5.10 Å². The van der Waals surface area contributed by atoms with Crippen LogP contribution in [-0.4, -0.2) is 24.8 Å². The van der Waals surface area contributed by atoms with Crippen molar-refractivity contribution in [2.45, 2.75) is 0 Å².